The summed E-state index contributed by atoms with van der Waals surface area (Å²) in [5.41, 5.74) is 7.21. The normalized spacial score (nSPS) is 11.1. The molecule has 0 fully saturated rings. The number of benzene rings is 1. The Balaban J connectivity index is 2.38. The zero-order valence-electron chi connectivity index (χ0n) is 10.4. The number of imidazole rings is 1. The lowest BCUT2D eigenvalue weighted by Crippen LogP contribution is -2.25. The first kappa shape index (κ1) is 12.8. The fourth-order valence-electron chi connectivity index (χ4n) is 1.85. The molecule has 0 aliphatic rings. The number of rotatable bonds is 3. The van der Waals surface area contributed by atoms with Crippen molar-refractivity contribution in [2.24, 2.45) is 0 Å². The molecular formula is C13H16ClN3O. The largest absolute Gasteiger partial charge is 0.398 e. The summed E-state index contributed by atoms with van der Waals surface area (Å²) < 4.78 is 3.28. The second kappa shape index (κ2) is 4.90. The summed E-state index contributed by atoms with van der Waals surface area (Å²) in [4.78, 5) is 12.1. The highest BCUT2D eigenvalue weighted by Crippen LogP contribution is 2.22. The molecule has 0 aliphatic carbocycles. The van der Waals surface area contributed by atoms with Crippen molar-refractivity contribution in [2.75, 3.05) is 5.73 Å². The van der Waals surface area contributed by atoms with Crippen molar-refractivity contribution in [1.82, 2.24) is 9.13 Å². The molecule has 0 saturated carbocycles. The molecule has 2 rings (SSSR count). The lowest BCUT2D eigenvalue weighted by Gasteiger charge is -2.08. The molecule has 0 bridgehead atoms. The molecule has 5 heteroatoms. The van der Waals surface area contributed by atoms with Gasteiger partial charge in [0.25, 0.3) is 0 Å². The summed E-state index contributed by atoms with van der Waals surface area (Å²) >= 11 is 6.10. The van der Waals surface area contributed by atoms with Gasteiger partial charge in [-0.15, -0.1) is 0 Å². The SMILES string of the molecule is CC(C)n1ccn(Cc2c(N)cccc2Cl)c1=O. The van der Waals surface area contributed by atoms with Crippen molar-refractivity contribution >= 4 is 17.3 Å². The Hall–Kier alpha value is -1.68. The zero-order chi connectivity index (χ0) is 13.3. The molecular weight excluding hydrogens is 250 g/mol. The Labute approximate surface area is 111 Å². The van der Waals surface area contributed by atoms with E-state index in [9.17, 15) is 4.79 Å². The standard InChI is InChI=1S/C13H16ClN3O/c1-9(2)17-7-6-16(13(17)18)8-10-11(14)4-3-5-12(10)15/h3-7,9H,8,15H2,1-2H3. The van der Waals surface area contributed by atoms with E-state index in [0.29, 0.717) is 17.3 Å². The minimum Gasteiger partial charge on any atom is -0.398 e. The van der Waals surface area contributed by atoms with E-state index in [1.807, 2.05) is 13.8 Å². The summed E-state index contributed by atoms with van der Waals surface area (Å²) in [6.07, 6.45) is 3.53. The fourth-order valence-corrected chi connectivity index (χ4v) is 2.10. The van der Waals surface area contributed by atoms with Gasteiger partial charge < -0.3 is 5.73 Å². The molecule has 0 amide bonds. The first-order valence-electron chi connectivity index (χ1n) is 5.81. The van der Waals surface area contributed by atoms with E-state index in [2.05, 4.69) is 0 Å². The smallest absolute Gasteiger partial charge is 0.328 e. The molecule has 1 aromatic carbocycles. The van der Waals surface area contributed by atoms with Crippen molar-refractivity contribution in [3.63, 3.8) is 0 Å². The van der Waals surface area contributed by atoms with Gasteiger partial charge >= 0.3 is 5.69 Å². The average Bonchev–Trinajstić information content (AvgIpc) is 2.66. The molecule has 0 saturated heterocycles. The molecule has 1 heterocycles. The maximum Gasteiger partial charge on any atom is 0.328 e. The number of anilines is 1. The molecule has 96 valence electrons. The van der Waals surface area contributed by atoms with Crippen molar-refractivity contribution in [1.29, 1.82) is 0 Å². The fraction of sp³-hybridized carbons (Fsp3) is 0.308. The minimum absolute atomic E-state index is 0.0516. The Morgan fingerprint density at radius 1 is 1.33 bits per heavy atom. The molecule has 1 aromatic heterocycles. The van der Waals surface area contributed by atoms with Crippen LogP contribution >= 0.6 is 11.6 Å². The Kier molecular flexibility index (Phi) is 3.48. The van der Waals surface area contributed by atoms with Crippen LogP contribution in [0.2, 0.25) is 5.02 Å². The maximum atomic E-state index is 12.1. The highest BCUT2D eigenvalue weighted by molar-refractivity contribution is 6.31. The Morgan fingerprint density at radius 3 is 2.61 bits per heavy atom. The summed E-state index contributed by atoms with van der Waals surface area (Å²) in [5, 5.41) is 0.583. The van der Waals surface area contributed by atoms with Gasteiger partial charge in [0.05, 0.1) is 6.54 Å². The molecule has 0 radical (unpaired) electrons. The van der Waals surface area contributed by atoms with Gasteiger partial charge in [-0.3, -0.25) is 9.13 Å². The van der Waals surface area contributed by atoms with Gasteiger partial charge in [0.15, 0.2) is 0 Å². The average molecular weight is 266 g/mol. The Bertz CT molecular complexity index is 593. The van der Waals surface area contributed by atoms with Crippen molar-refractivity contribution in [3.8, 4) is 0 Å². The van der Waals surface area contributed by atoms with Crippen LogP contribution < -0.4 is 11.4 Å². The van der Waals surface area contributed by atoms with E-state index in [1.165, 1.54) is 0 Å². The second-order valence-corrected chi connectivity index (χ2v) is 4.92. The van der Waals surface area contributed by atoms with Crippen LogP contribution in [0, 0.1) is 0 Å². The first-order valence-corrected chi connectivity index (χ1v) is 6.18. The number of hydrogen-bond donors (Lipinski definition) is 1. The van der Waals surface area contributed by atoms with Crippen molar-refractivity contribution < 1.29 is 0 Å². The van der Waals surface area contributed by atoms with Crippen LogP contribution in [0.25, 0.3) is 0 Å². The van der Waals surface area contributed by atoms with Gasteiger partial charge in [0.1, 0.15) is 0 Å². The van der Waals surface area contributed by atoms with Crippen LogP contribution in [0.1, 0.15) is 25.5 Å². The number of aromatic nitrogens is 2. The van der Waals surface area contributed by atoms with E-state index in [1.54, 1.807) is 39.7 Å². The highest BCUT2D eigenvalue weighted by atomic mass is 35.5. The van der Waals surface area contributed by atoms with Gasteiger partial charge in [-0.1, -0.05) is 17.7 Å². The van der Waals surface area contributed by atoms with E-state index in [0.717, 1.165) is 5.56 Å². The van der Waals surface area contributed by atoms with E-state index in [4.69, 9.17) is 17.3 Å². The number of hydrogen-bond acceptors (Lipinski definition) is 2. The lowest BCUT2D eigenvalue weighted by atomic mass is 10.2. The van der Waals surface area contributed by atoms with Gasteiger partial charge in [-0.25, -0.2) is 4.79 Å². The number of nitrogens with zero attached hydrogens (tertiary/aromatic N) is 2. The molecule has 2 aromatic rings. The monoisotopic (exact) mass is 265 g/mol. The van der Waals surface area contributed by atoms with Crippen molar-refractivity contribution in [3.05, 3.63) is 51.7 Å². The third kappa shape index (κ3) is 2.29. The predicted molar refractivity (Wildman–Crippen MR) is 74.0 cm³/mol. The zero-order valence-corrected chi connectivity index (χ0v) is 11.2. The second-order valence-electron chi connectivity index (χ2n) is 4.52. The van der Waals surface area contributed by atoms with E-state index < -0.39 is 0 Å². The number of nitrogens with two attached hydrogens (primary N) is 1. The van der Waals surface area contributed by atoms with Gasteiger partial charge in [0.2, 0.25) is 0 Å². The van der Waals surface area contributed by atoms with E-state index >= 15 is 0 Å². The van der Waals surface area contributed by atoms with Crippen LogP contribution in [-0.4, -0.2) is 9.13 Å². The molecule has 4 nitrogen and oxygen atoms in total. The molecule has 0 unspecified atom stereocenters. The molecule has 0 spiro atoms. The topological polar surface area (TPSA) is 52.9 Å². The van der Waals surface area contributed by atoms with Crippen LogP contribution in [0.4, 0.5) is 5.69 Å². The summed E-state index contributed by atoms with van der Waals surface area (Å²) in [6.45, 7) is 4.33. The van der Waals surface area contributed by atoms with Gasteiger partial charge in [-0.2, -0.15) is 0 Å². The van der Waals surface area contributed by atoms with Crippen LogP contribution in [0.3, 0.4) is 0 Å². The molecule has 18 heavy (non-hydrogen) atoms. The van der Waals surface area contributed by atoms with E-state index in [-0.39, 0.29) is 11.7 Å². The number of halogens is 1. The first-order chi connectivity index (χ1) is 8.50. The summed E-state index contributed by atoms with van der Waals surface area (Å²) in [6, 6.07) is 5.49. The summed E-state index contributed by atoms with van der Waals surface area (Å²) in [7, 11) is 0. The molecule has 2 N–H and O–H groups in total. The predicted octanol–water partition coefficient (Wildman–Crippen LogP) is 2.51. The Morgan fingerprint density at radius 2 is 2.06 bits per heavy atom. The van der Waals surface area contributed by atoms with Gasteiger partial charge in [-0.05, 0) is 26.0 Å². The molecule has 0 atom stereocenters. The maximum absolute atomic E-state index is 12.1. The third-order valence-electron chi connectivity index (χ3n) is 2.91. The van der Waals surface area contributed by atoms with Gasteiger partial charge in [0, 0.05) is 34.7 Å². The quantitative estimate of drug-likeness (QED) is 0.867. The van der Waals surface area contributed by atoms with Crippen LogP contribution in [-0.2, 0) is 6.54 Å². The molecule has 0 aliphatic heterocycles. The highest BCUT2D eigenvalue weighted by Gasteiger charge is 2.10. The minimum atomic E-state index is -0.0516. The number of nitrogen functional groups attached to an aromatic ring is 1. The van der Waals surface area contributed by atoms with Crippen LogP contribution in [0.15, 0.2) is 35.4 Å². The van der Waals surface area contributed by atoms with Crippen LogP contribution in [0.5, 0.6) is 0 Å². The lowest BCUT2D eigenvalue weighted by molar-refractivity contribution is 0.561. The summed E-state index contributed by atoms with van der Waals surface area (Å²) in [5.74, 6) is 0. The van der Waals surface area contributed by atoms with Crippen molar-refractivity contribution in [2.45, 2.75) is 26.4 Å². The third-order valence-corrected chi connectivity index (χ3v) is 3.27.